The van der Waals surface area contributed by atoms with Gasteiger partial charge in [-0.2, -0.15) is 0 Å². The number of benzene rings is 2. The molecular weight excluding hydrogens is 382 g/mol. The molecule has 28 heavy (non-hydrogen) atoms. The maximum Gasteiger partial charge on any atom is 0.339 e. The topological polar surface area (TPSA) is 90.0 Å². The van der Waals surface area contributed by atoms with Gasteiger partial charge >= 0.3 is 5.97 Å². The molecule has 2 aromatic rings. The number of likely N-dealkylation sites (N-methyl/N-ethyl adjacent to an activating group) is 1. The van der Waals surface area contributed by atoms with Crippen molar-refractivity contribution < 1.29 is 27.5 Å². The second-order valence-corrected chi connectivity index (χ2v) is 9.14. The van der Waals surface area contributed by atoms with Crippen molar-refractivity contribution in [3.63, 3.8) is 0 Å². The molecule has 0 saturated carbocycles. The van der Waals surface area contributed by atoms with Crippen LogP contribution in [-0.4, -0.2) is 63.0 Å². The number of carbonyl (C=O) groups is 2. The summed E-state index contributed by atoms with van der Waals surface area (Å²) in [5.74, 6) is -0.390. The van der Waals surface area contributed by atoms with E-state index in [2.05, 4.69) is 0 Å². The molecule has 0 spiro atoms. The molecule has 3 rings (SSSR count). The van der Waals surface area contributed by atoms with E-state index in [0.29, 0.717) is 23.1 Å². The predicted molar refractivity (Wildman–Crippen MR) is 105 cm³/mol. The number of esters is 1. The molecule has 1 heterocycles. The molecule has 1 aliphatic heterocycles. The molecule has 0 aliphatic carbocycles. The van der Waals surface area contributed by atoms with Gasteiger partial charge in [-0.25, -0.2) is 13.2 Å². The third kappa shape index (κ3) is 3.96. The number of hydrogen-bond acceptors (Lipinski definition) is 6. The Bertz CT molecular complexity index is 1020. The molecule has 150 valence electrons. The van der Waals surface area contributed by atoms with E-state index in [-0.39, 0.29) is 17.5 Å². The fourth-order valence-corrected chi connectivity index (χ4v) is 5.22. The number of amides is 1. The zero-order valence-electron chi connectivity index (χ0n) is 16.0. The van der Waals surface area contributed by atoms with Crippen LogP contribution < -0.4 is 4.74 Å². The van der Waals surface area contributed by atoms with E-state index in [0.717, 1.165) is 5.39 Å². The molecule has 1 saturated heterocycles. The van der Waals surface area contributed by atoms with E-state index in [1.807, 2.05) is 12.1 Å². The minimum atomic E-state index is -3.11. The summed E-state index contributed by atoms with van der Waals surface area (Å²) in [6.45, 7) is 1.49. The van der Waals surface area contributed by atoms with Crippen LogP contribution >= 0.6 is 0 Å². The van der Waals surface area contributed by atoms with E-state index in [1.165, 1.54) is 11.8 Å². The predicted octanol–water partition coefficient (Wildman–Crippen LogP) is 2.04. The van der Waals surface area contributed by atoms with Crippen molar-refractivity contribution in [3.05, 3.63) is 42.0 Å². The summed E-state index contributed by atoms with van der Waals surface area (Å²) >= 11 is 0. The van der Waals surface area contributed by atoms with Gasteiger partial charge in [0.1, 0.15) is 5.75 Å². The van der Waals surface area contributed by atoms with Gasteiger partial charge in [-0.3, -0.25) is 4.79 Å². The second-order valence-electron chi connectivity index (χ2n) is 6.91. The fraction of sp³-hybridized carbons (Fsp3) is 0.400. The van der Waals surface area contributed by atoms with E-state index in [4.69, 9.17) is 9.47 Å². The third-order valence-electron chi connectivity index (χ3n) is 5.06. The molecular formula is C20H23NO6S. The van der Waals surface area contributed by atoms with Gasteiger partial charge in [0.25, 0.3) is 5.91 Å². The van der Waals surface area contributed by atoms with Crippen LogP contribution in [0.5, 0.6) is 5.75 Å². The lowest BCUT2D eigenvalue weighted by Gasteiger charge is -2.26. The van der Waals surface area contributed by atoms with Crippen LogP contribution in [0.2, 0.25) is 0 Å². The van der Waals surface area contributed by atoms with Crippen molar-refractivity contribution in [1.29, 1.82) is 0 Å². The quantitative estimate of drug-likeness (QED) is 0.707. The fourth-order valence-electron chi connectivity index (χ4n) is 3.45. The highest BCUT2D eigenvalue weighted by molar-refractivity contribution is 7.91. The van der Waals surface area contributed by atoms with E-state index in [9.17, 15) is 18.0 Å². The van der Waals surface area contributed by atoms with E-state index in [1.54, 1.807) is 38.4 Å². The Morgan fingerprint density at radius 2 is 1.82 bits per heavy atom. The lowest BCUT2D eigenvalue weighted by Crippen LogP contribution is -2.44. The highest BCUT2D eigenvalue weighted by Gasteiger charge is 2.35. The Morgan fingerprint density at radius 3 is 2.43 bits per heavy atom. The highest BCUT2D eigenvalue weighted by Crippen LogP contribution is 2.29. The summed E-state index contributed by atoms with van der Waals surface area (Å²) < 4.78 is 34.0. The number of hydrogen-bond donors (Lipinski definition) is 0. The number of fused-ring (bicyclic) bond motifs is 1. The van der Waals surface area contributed by atoms with Crippen LogP contribution in [0.3, 0.4) is 0 Å². The van der Waals surface area contributed by atoms with Gasteiger partial charge in [-0.1, -0.05) is 24.3 Å². The number of methoxy groups -OCH3 is 1. The van der Waals surface area contributed by atoms with Crippen molar-refractivity contribution in [2.45, 2.75) is 25.5 Å². The third-order valence-corrected chi connectivity index (χ3v) is 6.81. The van der Waals surface area contributed by atoms with Crippen LogP contribution in [0.15, 0.2) is 36.4 Å². The molecule has 2 atom stereocenters. The monoisotopic (exact) mass is 405 g/mol. The van der Waals surface area contributed by atoms with Gasteiger partial charge in [0.2, 0.25) is 0 Å². The van der Waals surface area contributed by atoms with Crippen LogP contribution in [0.4, 0.5) is 0 Å². The number of ether oxygens (including phenoxy) is 2. The molecule has 0 unspecified atom stereocenters. The van der Waals surface area contributed by atoms with Gasteiger partial charge < -0.3 is 14.4 Å². The Kier molecular flexibility index (Phi) is 5.60. The first kappa shape index (κ1) is 20.1. The van der Waals surface area contributed by atoms with Gasteiger partial charge in [0.15, 0.2) is 15.9 Å². The maximum atomic E-state index is 12.7. The molecule has 1 amide bonds. The van der Waals surface area contributed by atoms with E-state index < -0.39 is 27.8 Å². The first-order valence-corrected chi connectivity index (χ1v) is 10.8. The zero-order valence-corrected chi connectivity index (χ0v) is 16.9. The normalized spacial score (nSPS) is 19.2. The number of sulfone groups is 1. The lowest BCUT2D eigenvalue weighted by atomic mass is 10.0. The Labute approximate surface area is 164 Å². The van der Waals surface area contributed by atoms with Gasteiger partial charge in [0.05, 0.1) is 24.2 Å². The smallest absolute Gasteiger partial charge is 0.339 e. The summed E-state index contributed by atoms with van der Waals surface area (Å²) in [5, 5.41) is 1.44. The average molecular weight is 405 g/mol. The minimum absolute atomic E-state index is 0.0565. The van der Waals surface area contributed by atoms with Crippen molar-refractivity contribution >= 4 is 32.5 Å². The van der Waals surface area contributed by atoms with Crippen molar-refractivity contribution in [3.8, 4) is 5.75 Å². The van der Waals surface area contributed by atoms with E-state index >= 15 is 0 Å². The molecule has 7 nitrogen and oxygen atoms in total. The molecule has 2 aromatic carbocycles. The summed E-state index contributed by atoms with van der Waals surface area (Å²) in [4.78, 5) is 26.7. The van der Waals surface area contributed by atoms with Gasteiger partial charge in [-0.05, 0) is 30.9 Å². The molecule has 8 heteroatoms. The summed E-state index contributed by atoms with van der Waals surface area (Å²) in [6.07, 6.45) is -0.629. The van der Waals surface area contributed by atoms with Crippen LogP contribution in [-0.2, 0) is 19.4 Å². The molecule has 0 N–H and O–H groups in total. The Hall–Kier alpha value is -2.61. The largest absolute Gasteiger partial charge is 0.496 e. The Balaban J connectivity index is 1.76. The number of rotatable bonds is 5. The second kappa shape index (κ2) is 7.79. The maximum absolute atomic E-state index is 12.7. The number of nitrogens with zero attached hydrogens (tertiary/aromatic N) is 1. The van der Waals surface area contributed by atoms with Crippen molar-refractivity contribution in [2.75, 3.05) is 25.7 Å². The van der Waals surface area contributed by atoms with Crippen molar-refractivity contribution in [1.82, 2.24) is 4.90 Å². The standard InChI is InChI=1S/C20H23NO6S/c1-13(19(22)21(2)14-10-11-28(24,25)12-14)27-20(23)17-8-9-18(26-3)16-7-5-4-6-15(16)17/h4-9,13-14H,10-12H2,1-3H3/t13-,14+/m0/s1. The SMILES string of the molecule is COc1ccc(C(=O)O[C@@H](C)C(=O)N(C)[C@@H]2CCS(=O)(=O)C2)c2ccccc12. The Morgan fingerprint density at radius 1 is 1.14 bits per heavy atom. The van der Waals surface area contributed by atoms with Crippen molar-refractivity contribution in [2.24, 2.45) is 0 Å². The summed E-state index contributed by atoms with van der Waals surface area (Å²) in [5.41, 5.74) is 0.335. The minimum Gasteiger partial charge on any atom is -0.496 e. The molecule has 0 aromatic heterocycles. The number of carbonyl (C=O) groups excluding carboxylic acids is 2. The van der Waals surface area contributed by atoms with Gasteiger partial charge in [0, 0.05) is 18.5 Å². The lowest BCUT2D eigenvalue weighted by molar-refractivity contribution is -0.140. The van der Waals surface area contributed by atoms with Gasteiger partial charge in [-0.15, -0.1) is 0 Å². The molecule has 1 fully saturated rings. The molecule has 0 bridgehead atoms. The van der Waals surface area contributed by atoms with Crippen LogP contribution in [0.1, 0.15) is 23.7 Å². The van der Waals surface area contributed by atoms with Crippen LogP contribution in [0.25, 0.3) is 10.8 Å². The first-order valence-electron chi connectivity index (χ1n) is 8.97. The zero-order chi connectivity index (χ0) is 20.5. The summed E-state index contributed by atoms with van der Waals surface area (Å²) in [7, 11) is -0.0125. The highest BCUT2D eigenvalue weighted by atomic mass is 32.2. The first-order chi connectivity index (χ1) is 13.2. The summed E-state index contributed by atoms with van der Waals surface area (Å²) in [6, 6.07) is 10.2. The van der Waals surface area contributed by atoms with Crippen LogP contribution in [0, 0.1) is 0 Å². The molecule has 0 radical (unpaired) electrons. The molecule has 1 aliphatic rings. The average Bonchev–Trinajstić information content (AvgIpc) is 3.05.